The molecule has 6 heteroatoms. The van der Waals surface area contributed by atoms with Crippen molar-refractivity contribution in [3.63, 3.8) is 0 Å². The van der Waals surface area contributed by atoms with Gasteiger partial charge in [-0.2, -0.15) is 0 Å². The SMILES string of the molecule is CN(C)c1ccc(N=NC(=N)SC=N)cc1. The largest absolute Gasteiger partial charge is 0.378 e. The first-order valence-corrected chi connectivity index (χ1v) is 5.44. The summed E-state index contributed by atoms with van der Waals surface area (Å²) in [6, 6.07) is 7.53. The summed E-state index contributed by atoms with van der Waals surface area (Å²) in [5.41, 5.74) is 2.83. The zero-order chi connectivity index (χ0) is 12.0. The van der Waals surface area contributed by atoms with Crippen molar-refractivity contribution in [2.45, 2.75) is 0 Å². The highest BCUT2D eigenvalue weighted by Gasteiger charge is 1.95. The molecule has 1 rings (SSSR count). The maximum Gasteiger partial charge on any atom is 0.207 e. The van der Waals surface area contributed by atoms with E-state index >= 15 is 0 Å². The van der Waals surface area contributed by atoms with Gasteiger partial charge >= 0.3 is 0 Å². The monoisotopic (exact) mass is 235 g/mol. The van der Waals surface area contributed by atoms with E-state index < -0.39 is 0 Å². The van der Waals surface area contributed by atoms with Crippen molar-refractivity contribution in [3.8, 4) is 0 Å². The van der Waals surface area contributed by atoms with Crippen molar-refractivity contribution in [2.75, 3.05) is 19.0 Å². The Balaban J connectivity index is 2.68. The normalized spacial score (nSPS) is 10.4. The molecular formula is C10H13N5S. The predicted molar refractivity (Wildman–Crippen MR) is 69.4 cm³/mol. The van der Waals surface area contributed by atoms with Crippen LogP contribution in [0.15, 0.2) is 34.5 Å². The van der Waals surface area contributed by atoms with Crippen LogP contribution in [-0.2, 0) is 0 Å². The summed E-state index contributed by atoms with van der Waals surface area (Å²) >= 11 is 0.915. The number of nitrogens with zero attached hydrogens (tertiary/aromatic N) is 3. The third-order valence-electron chi connectivity index (χ3n) is 1.79. The molecule has 84 valence electrons. The van der Waals surface area contributed by atoms with Crippen LogP contribution in [0.4, 0.5) is 11.4 Å². The molecule has 5 nitrogen and oxygen atoms in total. The van der Waals surface area contributed by atoms with Crippen molar-refractivity contribution in [1.29, 1.82) is 10.8 Å². The van der Waals surface area contributed by atoms with E-state index in [1.165, 1.54) is 0 Å². The van der Waals surface area contributed by atoms with E-state index in [2.05, 4.69) is 10.2 Å². The van der Waals surface area contributed by atoms with Gasteiger partial charge in [0.15, 0.2) is 0 Å². The zero-order valence-corrected chi connectivity index (χ0v) is 9.95. The third kappa shape index (κ3) is 3.82. The second-order valence-electron chi connectivity index (χ2n) is 3.15. The summed E-state index contributed by atoms with van der Waals surface area (Å²) in [6.45, 7) is 0. The highest BCUT2D eigenvalue weighted by atomic mass is 32.2. The molecule has 0 fully saturated rings. The lowest BCUT2D eigenvalue weighted by molar-refractivity contribution is 1.13. The van der Waals surface area contributed by atoms with E-state index in [-0.39, 0.29) is 5.17 Å². The Hall–Kier alpha value is -1.69. The average Bonchev–Trinajstić information content (AvgIpc) is 2.27. The Kier molecular flexibility index (Phi) is 4.65. The van der Waals surface area contributed by atoms with E-state index in [0.717, 1.165) is 23.0 Å². The molecule has 0 unspecified atom stereocenters. The lowest BCUT2D eigenvalue weighted by atomic mass is 10.3. The van der Waals surface area contributed by atoms with Crippen LogP contribution in [0.5, 0.6) is 0 Å². The Morgan fingerprint density at radius 1 is 1.31 bits per heavy atom. The fourth-order valence-corrected chi connectivity index (χ4v) is 1.20. The number of hydrogen-bond acceptors (Lipinski definition) is 5. The van der Waals surface area contributed by atoms with Crippen LogP contribution in [0.25, 0.3) is 0 Å². The molecule has 0 saturated heterocycles. The molecule has 1 aromatic rings. The molecule has 0 amide bonds. The summed E-state index contributed by atoms with van der Waals surface area (Å²) in [6.07, 6.45) is 0. The minimum Gasteiger partial charge on any atom is -0.378 e. The average molecular weight is 235 g/mol. The van der Waals surface area contributed by atoms with Crippen LogP contribution in [-0.4, -0.2) is 24.8 Å². The second kappa shape index (κ2) is 6.02. The fraction of sp³-hybridized carbons (Fsp3) is 0.200. The first-order valence-electron chi connectivity index (χ1n) is 4.57. The van der Waals surface area contributed by atoms with E-state index in [1.54, 1.807) is 0 Å². The van der Waals surface area contributed by atoms with E-state index in [4.69, 9.17) is 10.8 Å². The van der Waals surface area contributed by atoms with Crippen molar-refractivity contribution in [1.82, 2.24) is 0 Å². The van der Waals surface area contributed by atoms with Gasteiger partial charge in [-0.1, -0.05) is 0 Å². The molecule has 0 heterocycles. The third-order valence-corrected chi connectivity index (χ3v) is 2.22. The first-order chi connectivity index (χ1) is 7.63. The van der Waals surface area contributed by atoms with Crippen LogP contribution in [0.2, 0.25) is 0 Å². The van der Waals surface area contributed by atoms with Gasteiger partial charge < -0.3 is 10.3 Å². The van der Waals surface area contributed by atoms with Gasteiger partial charge in [-0.15, -0.1) is 10.2 Å². The summed E-state index contributed by atoms with van der Waals surface area (Å²) in [7, 11) is 3.93. The molecular weight excluding hydrogens is 222 g/mol. The molecule has 0 bridgehead atoms. The molecule has 1 aromatic carbocycles. The van der Waals surface area contributed by atoms with E-state index in [1.807, 2.05) is 43.3 Å². The topological polar surface area (TPSA) is 75.7 Å². The van der Waals surface area contributed by atoms with Gasteiger partial charge in [0.1, 0.15) is 0 Å². The number of amidine groups is 1. The van der Waals surface area contributed by atoms with Crippen LogP contribution in [0.3, 0.4) is 0 Å². The molecule has 0 aliphatic heterocycles. The van der Waals surface area contributed by atoms with Crippen molar-refractivity contribution in [3.05, 3.63) is 24.3 Å². The van der Waals surface area contributed by atoms with Crippen LogP contribution in [0.1, 0.15) is 0 Å². The Morgan fingerprint density at radius 3 is 2.44 bits per heavy atom. The number of hydrogen-bond donors (Lipinski definition) is 2. The smallest absolute Gasteiger partial charge is 0.207 e. The highest BCUT2D eigenvalue weighted by molar-refractivity contribution is 8.24. The second-order valence-corrected chi connectivity index (χ2v) is 4.01. The van der Waals surface area contributed by atoms with Crippen molar-refractivity contribution < 1.29 is 0 Å². The van der Waals surface area contributed by atoms with Gasteiger partial charge in [-0.25, -0.2) is 0 Å². The molecule has 0 radical (unpaired) electrons. The molecule has 0 aromatic heterocycles. The van der Waals surface area contributed by atoms with Gasteiger partial charge in [-0.3, -0.25) is 5.41 Å². The summed E-state index contributed by atoms with van der Waals surface area (Å²) in [5.74, 6) is 0. The number of rotatable bonds is 3. The quantitative estimate of drug-likeness (QED) is 0.480. The zero-order valence-electron chi connectivity index (χ0n) is 9.14. The van der Waals surface area contributed by atoms with Gasteiger partial charge in [0.2, 0.25) is 5.17 Å². The molecule has 0 aliphatic rings. The Labute approximate surface area is 98.6 Å². The standard InChI is InChI=1S/C10H13N5S/c1-15(2)9-5-3-8(4-6-9)13-14-10(12)16-7-11/h3-7,11-12H,1-2H3. The van der Waals surface area contributed by atoms with Crippen LogP contribution >= 0.6 is 11.8 Å². The van der Waals surface area contributed by atoms with Crippen molar-refractivity contribution >= 4 is 33.9 Å². The maximum atomic E-state index is 7.29. The first kappa shape index (κ1) is 12.4. The summed E-state index contributed by atoms with van der Waals surface area (Å²) < 4.78 is 0. The molecule has 0 aliphatic carbocycles. The lowest BCUT2D eigenvalue weighted by Crippen LogP contribution is -2.07. The van der Waals surface area contributed by atoms with Crippen LogP contribution < -0.4 is 4.90 Å². The minimum atomic E-state index is 0.00619. The number of azo groups is 1. The predicted octanol–water partition coefficient (Wildman–Crippen LogP) is 3.11. The fourth-order valence-electron chi connectivity index (χ4n) is 1.000. The Morgan fingerprint density at radius 2 is 1.94 bits per heavy atom. The number of anilines is 1. The van der Waals surface area contributed by atoms with Gasteiger partial charge in [0.25, 0.3) is 0 Å². The summed E-state index contributed by atoms with van der Waals surface area (Å²) in [5, 5.41) is 21.6. The molecule has 2 N–H and O–H groups in total. The summed E-state index contributed by atoms with van der Waals surface area (Å²) in [4.78, 5) is 1.99. The lowest BCUT2D eigenvalue weighted by Gasteiger charge is -2.11. The molecule has 0 atom stereocenters. The molecule has 0 saturated carbocycles. The molecule has 0 spiro atoms. The Bertz CT molecular complexity index is 396. The van der Waals surface area contributed by atoms with Gasteiger partial charge in [0.05, 0.1) is 11.2 Å². The van der Waals surface area contributed by atoms with E-state index in [9.17, 15) is 0 Å². The molecule has 16 heavy (non-hydrogen) atoms. The highest BCUT2D eigenvalue weighted by Crippen LogP contribution is 2.18. The van der Waals surface area contributed by atoms with Crippen molar-refractivity contribution in [2.24, 2.45) is 10.2 Å². The van der Waals surface area contributed by atoms with Gasteiger partial charge in [-0.05, 0) is 36.0 Å². The number of benzene rings is 1. The van der Waals surface area contributed by atoms with Crippen LogP contribution in [0, 0.1) is 10.8 Å². The number of thioether (sulfide) groups is 1. The minimum absolute atomic E-state index is 0.00619. The number of nitrogens with one attached hydrogen (secondary N) is 2. The van der Waals surface area contributed by atoms with E-state index in [0.29, 0.717) is 5.69 Å². The maximum absolute atomic E-state index is 7.29. The van der Waals surface area contributed by atoms with Gasteiger partial charge in [0, 0.05) is 19.8 Å².